The van der Waals surface area contributed by atoms with Gasteiger partial charge in [-0.05, 0) is 24.1 Å². The largest absolute Gasteiger partial charge is 0.368 e. The summed E-state index contributed by atoms with van der Waals surface area (Å²) in [6.45, 7) is 1.30. The minimum Gasteiger partial charge on any atom is -0.368 e. The van der Waals surface area contributed by atoms with Crippen molar-refractivity contribution in [2.45, 2.75) is 19.1 Å². The molecule has 6 nitrogen and oxygen atoms in total. The molecule has 3 aromatic rings. The van der Waals surface area contributed by atoms with Crippen molar-refractivity contribution in [3.05, 3.63) is 54.2 Å². The number of aromatic nitrogens is 3. The van der Waals surface area contributed by atoms with E-state index in [-0.39, 0.29) is 11.8 Å². The number of hydrogen-bond donors (Lipinski definition) is 1. The van der Waals surface area contributed by atoms with Gasteiger partial charge in [0.2, 0.25) is 0 Å². The maximum atomic E-state index is 12.6. The lowest BCUT2D eigenvalue weighted by atomic mass is 10.0. The van der Waals surface area contributed by atoms with Crippen LogP contribution in [0.5, 0.6) is 0 Å². The molecular weight excluding hydrogens is 372 g/mol. The van der Waals surface area contributed by atoms with Gasteiger partial charge in [-0.25, -0.2) is 9.97 Å². The van der Waals surface area contributed by atoms with Crippen molar-refractivity contribution >= 4 is 34.0 Å². The molecule has 1 fully saturated rings. The maximum absolute atomic E-state index is 12.6. The van der Waals surface area contributed by atoms with Crippen molar-refractivity contribution in [1.29, 1.82) is 0 Å². The van der Waals surface area contributed by atoms with E-state index in [0.717, 1.165) is 16.9 Å². The summed E-state index contributed by atoms with van der Waals surface area (Å²) >= 11 is 7.35. The van der Waals surface area contributed by atoms with Gasteiger partial charge in [-0.1, -0.05) is 35.1 Å². The van der Waals surface area contributed by atoms with E-state index in [1.54, 1.807) is 18.7 Å². The van der Waals surface area contributed by atoms with Crippen LogP contribution in [0, 0.1) is 5.92 Å². The van der Waals surface area contributed by atoms with Crippen molar-refractivity contribution < 1.29 is 9.53 Å². The highest BCUT2D eigenvalue weighted by atomic mass is 35.5. The average molecular weight is 389 g/mol. The van der Waals surface area contributed by atoms with E-state index in [9.17, 15) is 4.79 Å². The number of carbonyl (C=O) groups excluding carboxylic acids is 1. The Hall–Kier alpha value is -2.22. The van der Waals surface area contributed by atoms with Crippen LogP contribution >= 0.6 is 22.9 Å². The summed E-state index contributed by atoms with van der Waals surface area (Å²) in [5.74, 6) is -0.0236. The number of carbonyl (C=O) groups is 1. The summed E-state index contributed by atoms with van der Waals surface area (Å²) in [6, 6.07) is 7.54. The Morgan fingerprint density at radius 3 is 3.00 bits per heavy atom. The van der Waals surface area contributed by atoms with Crippen LogP contribution in [0.4, 0.5) is 5.13 Å². The monoisotopic (exact) mass is 388 g/mol. The normalized spacial score (nSPS) is 19.6. The van der Waals surface area contributed by atoms with Crippen molar-refractivity contribution in [2.75, 3.05) is 11.9 Å². The number of thiazole rings is 1. The van der Waals surface area contributed by atoms with E-state index in [0.29, 0.717) is 23.3 Å². The van der Waals surface area contributed by atoms with E-state index < -0.39 is 6.10 Å². The van der Waals surface area contributed by atoms with Gasteiger partial charge in [-0.2, -0.15) is 0 Å². The second kappa shape index (κ2) is 7.57. The van der Waals surface area contributed by atoms with Gasteiger partial charge in [0.25, 0.3) is 5.91 Å². The zero-order valence-corrected chi connectivity index (χ0v) is 15.4. The molecule has 1 saturated heterocycles. The Kier molecular flexibility index (Phi) is 5.01. The maximum Gasteiger partial charge on any atom is 0.255 e. The first-order valence-electron chi connectivity index (χ1n) is 8.29. The number of imidazole rings is 1. The third kappa shape index (κ3) is 3.80. The molecular formula is C18H17ClN4O2S. The molecule has 2 aromatic heterocycles. The molecule has 134 valence electrons. The predicted octanol–water partition coefficient (Wildman–Crippen LogP) is 3.70. The highest BCUT2D eigenvalue weighted by Gasteiger charge is 2.34. The van der Waals surface area contributed by atoms with Crippen LogP contribution in [0.1, 0.15) is 6.42 Å². The second-order valence-electron chi connectivity index (χ2n) is 6.13. The first-order chi connectivity index (χ1) is 12.7. The Bertz CT molecular complexity index is 879. The van der Waals surface area contributed by atoms with Gasteiger partial charge in [0.15, 0.2) is 5.13 Å². The fourth-order valence-corrected chi connectivity index (χ4v) is 3.98. The molecule has 1 amide bonds. The van der Waals surface area contributed by atoms with Gasteiger partial charge in [0.05, 0.1) is 11.2 Å². The van der Waals surface area contributed by atoms with Crippen LogP contribution in [0.3, 0.4) is 0 Å². The summed E-state index contributed by atoms with van der Waals surface area (Å²) in [4.78, 5) is 22.0. The molecule has 2 atom stereocenters. The number of nitrogens with zero attached hydrogens (tertiary/aromatic N) is 3. The summed E-state index contributed by atoms with van der Waals surface area (Å²) in [5, 5.41) is 4.14. The Labute approximate surface area is 159 Å². The first-order valence-corrected chi connectivity index (χ1v) is 9.48. The molecule has 0 spiro atoms. The van der Waals surface area contributed by atoms with Crippen molar-refractivity contribution in [3.8, 4) is 10.4 Å². The number of benzene rings is 1. The minimum atomic E-state index is -0.472. The number of rotatable bonds is 5. The van der Waals surface area contributed by atoms with Crippen molar-refractivity contribution in [3.63, 3.8) is 0 Å². The van der Waals surface area contributed by atoms with Gasteiger partial charge in [0, 0.05) is 42.7 Å². The SMILES string of the molecule is O=C(Nc1ncc(-c2ccc(Cl)cc2)s1)[C@@H]1OCC[C@@H]1Cn1ccnc1. The van der Waals surface area contributed by atoms with Crippen molar-refractivity contribution in [2.24, 2.45) is 5.92 Å². The Morgan fingerprint density at radius 1 is 1.38 bits per heavy atom. The van der Waals surface area contributed by atoms with E-state index >= 15 is 0 Å². The third-order valence-electron chi connectivity index (χ3n) is 4.34. The van der Waals surface area contributed by atoms with Crippen LogP contribution in [-0.4, -0.2) is 33.2 Å². The topological polar surface area (TPSA) is 69.0 Å². The molecule has 0 saturated carbocycles. The minimum absolute atomic E-state index is 0.125. The zero-order chi connectivity index (χ0) is 17.9. The van der Waals surface area contributed by atoms with Gasteiger partial charge in [0.1, 0.15) is 6.10 Å². The fourth-order valence-electron chi connectivity index (χ4n) is 3.03. The highest BCUT2D eigenvalue weighted by Crippen LogP contribution is 2.31. The summed E-state index contributed by atoms with van der Waals surface area (Å²) in [6.07, 6.45) is 7.52. The fraction of sp³-hybridized carbons (Fsp3) is 0.278. The van der Waals surface area contributed by atoms with Crippen LogP contribution in [0.2, 0.25) is 5.02 Å². The number of hydrogen-bond acceptors (Lipinski definition) is 5. The summed E-state index contributed by atoms with van der Waals surface area (Å²) < 4.78 is 7.64. The highest BCUT2D eigenvalue weighted by molar-refractivity contribution is 7.19. The van der Waals surface area contributed by atoms with Gasteiger partial charge in [-0.3, -0.25) is 10.1 Å². The number of halogens is 1. The molecule has 8 heteroatoms. The number of amides is 1. The lowest BCUT2D eigenvalue weighted by Crippen LogP contribution is -2.34. The lowest BCUT2D eigenvalue weighted by Gasteiger charge is -2.17. The van der Waals surface area contributed by atoms with Gasteiger partial charge < -0.3 is 9.30 Å². The van der Waals surface area contributed by atoms with Crippen LogP contribution < -0.4 is 5.32 Å². The molecule has 1 aromatic carbocycles. The molecule has 3 heterocycles. The van der Waals surface area contributed by atoms with E-state index in [2.05, 4.69) is 15.3 Å². The Balaban J connectivity index is 1.42. The van der Waals surface area contributed by atoms with E-state index in [1.807, 2.05) is 35.0 Å². The van der Waals surface area contributed by atoms with Crippen molar-refractivity contribution in [1.82, 2.24) is 14.5 Å². The van der Waals surface area contributed by atoms with Crippen LogP contribution in [0.25, 0.3) is 10.4 Å². The Morgan fingerprint density at radius 2 is 2.23 bits per heavy atom. The third-order valence-corrected chi connectivity index (χ3v) is 5.56. The predicted molar refractivity (Wildman–Crippen MR) is 101 cm³/mol. The van der Waals surface area contributed by atoms with Gasteiger partial charge in [-0.15, -0.1) is 0 Å². The quantitative estimate of drug-likeness (QED) is 0.723. The number of anilines is 1. The summed E-state index contributed by atoms with van der Waals surface area (Å²) in [7, 11) is 0. The molecule has 0 unspecified atom stereocenters. The first kappa shape index (κ1) is 17.2. The van der Waals surface area contributed by atoms with Crippen LogP contribution in [0.15, 0.2) is 49.2 Å². The molecule has 0 radical (unpaired) electrons. The molecule has 0 bridgehead atoms. The zero-order valence-electron chi connectivity index (χ0n) is 13.8. The molecule has 4 rings (SSSR count). The van der Waals surface area contributed by atoms with Gasteiger partial charge >= 0.3 is 0 Å². The molecule has 0 aliphatic carbocycles. The van der Waals surface area contributed by atoms with E-state index in [4.69, 9.17) is 16.3 Å². The molecule has 1 aliphatic rings. The molecule has 1 aliphatic heterocycles. The standard InChI is InChI=1S/C18H17ClN4O2S/c19-14-3-1-12(2-4-14)15-9-21-18(26-15)22-17(24)16-13(5-8-25-16)10-23-7-6-20-11-23/h1-4,6-7,9,11,13,16H,5,8,10H2,(H,21,22,24)/t13-,16-/m1/s1. The average Bonchev–Trinajstić information content (AvgIpc) is 3.38. The number of ether oxygens (including phenoxy) is 1. The lowest BCUT2D eigenvalue weighted by molar-refractivity contribution is -0.126. The smallest absolute Gasteiger partial charge is 0.255 e. The summed E-state index contributed by atoms with van der Waals surface area (Å²) in [5.41, 5.74) is 1.02. The molecule has 26 heavy (non-hydrogen) atoms. The second-order valence-corrected chi connectivity index (χ2v) is 7.59. The van der Waals surface area contributed by atoms with E-state index in [1.165, 1.54) is 11.3 Å². The molecule has 1 N–H and O–H groups in total. The van der Waals surface area contributed by atoms with Crippen LogP contribution in [-0.2, 0) is 16.1 Å². The number of nitrogens with one attached hydrogen (secondary N) is 1.